The first-order valence-electron chi connectivity index (χ1n) is 6.94. The molecule has 11 nitrogen and oxygen atoms in total. The predicted octanol–water partition coefficient (Wildman–Crippen LogP) is 0.990. The minimum absolute atomic E-state index is 0.426. The zero-order valence-corrected chi connectivity index (χ0v) is 12.3. The van der Waals surface area contributed by atoms with E-state index in [1.54, 1.807) is 48.5 Å². The summed E-state index contributed by atoms with van der Waals surface area (Å²) in [6, 6.07) is 13.5. The fourth-order valence-corrected chi connectivity index (χ4v) is 2.08. The van der Waals surface area contributed by atoms with Crippen LogP contribution in [0.2, 0.25) is 0 Å². The van der Waals surface area contributed by atoms with Gasteiger partial charge >= 0.3 is 12.3 Å². The van der Waals surface area contributed by atoms with Crippen molar-refractivity contribution in [2.45, 2.75) is 0 Å². The number of hydrogen-bond donors (Lipinski definition) is 0. The van der Waals surface area contributed by atoms with Crippen LogP contribution in [0.3, 0.4) is 0 Å². The molecule has 0 aliphatic carbocycles. The summed E-state index contributed by atoms with van der Waals surface area (Å²) in [6.07, 6.45) is -2.69. The van der Waals surface area contributed by atoms with Crippen molar-refractivity contribution in [3.05, 3.63) is 48.5 Å². The fraction of sp³-hybridized carbons (Fsp3) is 0. The van der Waals surface area contributed by atoms with Gasteiger partial charge in [0.05, 0.1) is 0 Å². The molecule has 2 aromatic heterocycles. The third-order valence-electron chi connectivity index (χ3n) is 3.13. The van der Waals surface area contributed by atoms with E-state index in [1.165, 1.54) is 0 Å². The Kier molecular flexibility index (Phi) is 3.43. The van der Waals surface area contributed by atoms with E-state index in [2.05, 4.69) is 25.4 Å². The Morgan fingerprint density at radius 3 is 1.64 bits per heavy atom. The molecular formula is C14H8N6O5. The Balaban J connectivity index is 1.43. The van der Waals surface area contributed by atoms with E-state index in [1.807, 2.05) is 0 Å². The van der Waals surface area contributed by atoms with Crippen molar-refractivity contribution >= 4 is 34.4 Å². The SMILES string of the molecule is O=C(OC(=O)On1nnc2ccccc21)On1nnc2ccccc21. The zero-order chi connectivity index (χ0) is 17.2. The normalized spacial score (nSPS) is 10.7. The van der Waals surface area contributed by atoms with Crippen molar-refractivity contribution < 1.29 is 24.0 Å². The van der Waals surface area contributed by atoms with Crippen molar-refractivity contribution in [2.24, 2.45) is 0 Å². The summed E-state index contributed by atoms with van der Waals surface area (Å²) in [5, 5.41) is 14.8. The van der Waals surface area contributed by atoms with Crippen LogP contribution in [0.5, 0.6) is 0 Å². The summed E-state index contributed by atoms with van der Waals surface area (Å²) in [7, 11) is 0. The number of carbonyl (C=O) groups is 2. The van der Waals surface area contributed by atoms with E-state index in [0.717, 1.165) is 9.69 Å². The Bertz CT molecular complexity index is 1000. The first kappa shape index (κ1) is 14.6. The Labute approximate surface area is 138 Å². The van der Waals surface area contributed by atoms with Gasteiger partial charge < -0.3 is 4.74 Å². The number of carbonyl (C=O) groups excluding carboxylic acids is 2. The van der Waals surface area contributed by atoms with E-state index in [4.69, 9.17) is 9.68 Å². The first-order chi connectivity index (χ1) is 12.2. The molecule has 2 aromatic carbocycles. The summed E-state index contributed by atoms with van der Waals surface area (Å²) >= 11 is 0. The maximum absolute atomic E-state index is 11.7. The van der Waals surface area contributed by atoms with Gasteiger partial charge in [-0.3, -0.25) is 9.68 Å². The first-order valence-corrected chi connectivity index (χ1v) is 6.94. The lowest BCUT2D eigenvalue weighted by atomic mass is 10.3. The third kappa shape index (κ3) is 2.81. The van der Waals surface area contributed by atoms with Gasteiger partial charge in [0.2, 0.25) is 0 Å². The molecule has 0 amide bonds. The molecule has 0 saturated carbocycles. The van der Waals surface area contributed by atoms with Crippen LogP contribution < -0.4 is 9.68 Å². The van der Waals surface area contributed by atoms with Crippen molar-refractivity contribution in [2.75, 3.05) is 0 Å². The number of fused-ring (bicyclic) bond motifs is 2. The number of aromatic nitrogens is 6. The average Bonchev–Trinajstić information content (AvgIpc) is 3.20. The third-order valence-corrected chi connectivity index (χ3v) is 3.13. The molecule has 0 saturated heterocycles. The summed E-state index contributed by atoms with van der Waals surface area (Å²) in [4.78, 5) is 34.6. The average molecular weight is 340 g/mol. The van der Waals surface area contributed by atoms with Crippen LogP contribution in [0.1, 0.15) is 0 Å². The topological polar surface area (TPSA) is 123 Å². The number of nitrogens with zero attached hydrogens (tertiary/aromatic N) is 6. The molecule has 25 heavy (non-hydrogen) atoms. The molecule has 2 heterocycles. The summed E-state index contributed by atoms with van der Waals surface area (Å²) in [6.45, 7) is 0. The summed E-state index contributed by atoms with van der Waals surface area (Å²) in [5.41, 5.74) is 1.86. The Morgan fingerprint density at radius 2 is 1.16 bits per heavy atom. The Morgan fingerprint density at radius 1 is 0.720 bits per heavy atom. The van der Waals surface area contributed by atoms with Crippen LogP contribution in [-0.4, -0.2) is 42.6 Å². The molecular weight excluding hydrogens is 332 g/mol. The van der Waals surface area contributed by atoms with Gasteiger partial charge in [-0.15, -0.1) is 10.2 Å². The van der Waals surface area contributed by atoms with Crippen LogP contribution in [0.15, 0.2) is 48.5 Å². The zero-order valence-electron chi connectivity index (χ0n) is 12.3. The molecule has 11 heteroatoms. The van der Waals surface area contributed by atoms with Gasteiger partial charge in [-0.05, 0) is 34.7 Å². The number of benzene rings is 2. The van der Waals surface area contributed by atoms with Gasteiger partial charge in [-0.1, -0.05) is 34.0 Å². The molecule has 0 bridgehead atoms. The van der Waals surface area contributed by atoms with Crippen LogP contribution in [0.4, 0.5) is 9.59 Å². The molecule has 0 N–H and O–H groups in total. The number of ether oxygens (including phenoxy) is 1. The second-order valence-corrected chi connectivity index (χ2v) is 4.69. The van der Waals surface area contributed by atoms with Gasteiger partial charge in [0, 0.05) is 0 Å². The standard InChI is InChI=1S/C14H8N6O5/c21-13(24-19-11-7-3-1-5-9(11)15-17-19)23-14(22)25-20-12-8-4-2-6-10(12)16-18-20/h1-8H. The molecule has 0 aliphatic heterocycles. The van der Waals surface area contributed by atoms with E-state index in [-0.39, 0.29) is 0 Å². The Hall–Kier alpha value is -4.02. The van der Waals surface area contributed by atoms with Crippen molar-refractivity contribution in [3.8, 4) is 0 Å². The number of rotatable bonds is 2. The van der Waals surface area contributed by atoms with Gasteiger partial charge in [-0.25, -0.2) is 9.59 Å². The fourth-order valence-electron chi connectivity index (χ4n) is 2.08. The van der Waals surface area contributed by atoms with E-state index in [0.29, 0.717) is 22.1 Å². The quantitative estimate of drug-likeness (QED) is 0.298. The lowest BCUT2D eigenvalue weighted by Gasteiger charge is -2.04. The second kappa shape index (κ2) is 5.88. The lowest BCUT2D eigenvalue weighted by molar-refractivity contribution is 0.0196. The highest BCUT2D eigenvalue weighted by Gasteiger charge is 2.19. The highest BCUT2D eigenvalue weighted by molar-refractivity contribution is 5.79. The second-order valence-electron chi connectivity index (χ2n) is 4.69. The molecule has 0 atom stereocenters. The minimum Gasteiger partial charge on any atom is -0.324 e. The monoisotopic (exact) mass is 340 g/mol. The molecule has 0 radical (unpaired) electrons. The highest BCUT2D eigenvalue weighted by Crippen LogP contribution is 2.09. The molecule has 0 spiro atoms. The molecule has 0 unspecified atom stereocenters. The van der Waals surface area contributed by atoms with Gasteiger partial charge in [0.1, 0.15) is 22.1 Å². The molecule has 4 aromatic rings. The van der Waals surface area contributed by atoms with Crippen LogP contribution in [-0.2, 0) is 4.74 Å². The summed E-state index contributed by atoms with van der Waals surface area (Å²) in [5.74, 6) is 0. The number of hydrogen-bond acceptors (Lipinski definition) is 9. The van der Waals surface area contributed by atoms with Crippen LogP contribution >= 0.6 is 0 Å². The van der Waals surface area contributed by atoms with Crippen molar-refractivity contribution in [3.63, 3.8) is 0 Å². The smallest absolute Gasteiger partial charge is 0.324 e. The molecule has 0 aliphatic rings. The molecule has 124 valence electrons. The predicted molar refractivity (Wildman–Crippen MR) is 80.1 cm³/mol. The van der Waals surface area contributed by atoms with Crippen LogP contribution in [0.25, 0.3) is 22.1 Å². The molecule has 4 rings (SSSR count). The summed E-state index contributed by atoms with van der Waals surface area (Å²) < 4.78 is 4.40. The maximum atomic E-state index is 11.7. The van der Waals surface area contributed by atoms with Crippen LogP contribution in [0, 0.1) is 0 Å². The van der Waals surface area contributed by atoms with E-state index < -0.39 is 12.3 Å². The van der Waals surface area contributed by atoms with Gasteiger partial charge in [0.15, 0.2) is 0 Å². The lowest BCUT2D eigenvalue weighted by Crippen LogP contribution is -2.29. The minimum atomic E-state index is -1.34. The maximum Gasteiger partial charge on any atom is 0.545 e. The largest absolute Gasteiger partial charge is 0.545 e. The van der Waals surface area contributed by atoms with Crippen molar-refractivity contribution in [1.29, 1.82) is 0 Å². The van der Waals surface area contributed by atoms with E-state index >= 15 is 0 Å². The van der Waals surface area contributed by atoms with Crippen molar-refractivity contribution in [1.82, 2.24) is 30.3 Å². The highest BCUT2D eigenvalue weighted by atomic mass is 16.9. The molecule has 0 fully saturated rings. The number of para-hydroxylation sites is 2. The van der Waals surface area contributed by atoms with Gasteiger partial charge in [-0.2, -0.15) is 0 Å². The van der Waals surface area contributed by atoms with Gasteiger partial charge in [0.25, 0.3) is 0 Å². The van der Waals surface area contributed by atoms with E-state index in [9.17, 15) is 9.59 Å².